The van der Waals surface area contributed by atoms with Crippen LogP contribution in [-0.4, -0.2) is 41.5 Å². The minimum absolute atomic E-state index is 0.0533. The first kappa shape index (κ1) is 23.9. The molecule has 180 valence electrons. The number of nitrogens with zero attached hydrogens (tertiary/aromatic N) is 3. The quantitative estimate of drug-likeness (QED) is 0.491. The lowest BCUT2D eigenvalue weighted by Crippen LogP contribution is -2.30. The number of sulfonamides is 1. The lowest BCUT2D eigenvalue weighted by Gasteiger charge is -2.20. The van der Waals surface area contributed by atoms with Crippen LogP contribution in [0.4, 0.5) is 10.1 Å². The highest BCUT2D eigenvalue weighted by Gasteiger charge is 2.44. The number of halogens is 1. The molecule has 1 aliphatic carbocycles. The van der Waals surface area contributed by atoms with Crippen LogP contribution in [0, 0.1) is 11.7 Å². The molecule has 8 nitrogen and oxygen atoms in total. The maximum absolute atomic E-state index is 13.3. The smallest absolute Gasteiger partial charge is 0.243 e. The predicted molar refractivity (Wildman–Crippen MR) is 126 cm³/mol. The summed E-state index contributed by atoms with van der Waals surface area (Å²) < 4.78 is 48.3. The van der Waals surface area contributed by atoms with Crippen LogP contribution in [0.3, 0.4) is 0 Å². The summed E-state index contributed by atoms with van der Waals surface area (Å²) in [6.07, 6.45) is 4.32. The molecule has 1 saturated carbocycles. The second-order valence-corrected chi connectivity index (χ2v) is 10.1. The average molecular weight is 487 g/mol. The third-order valence-corrected chi connectivity index (χ3v) is 7.92. The summed E-state index contributed by atoms with van der Waals surface area (Å²) in [7, 11) is -1.92. The molecule has 3 aromatic rings. The Balaban J connectivity index is 1.62. The molecule has 0 saturated heterocycles. The van der Waals surface area contributed by atoms with Crippen molar-refractivity contribution in [1.29, 1.82) is 0 Å². The van der Waals surface area contributed by atoms with Gasteiger partial charge in [-0.1, -0.05) is 13.8 Å². The summed E-state index contributed by atoms with van der Waals surface area (Å²) in [5, 5.41) is 7.01. The molecule has 1 aromatic heterocycles. The number of rotatable bonds is 9. The molecule has 4 rings (SSSR count). The van der Waals surface area contributed by atoms with Crippen LogP contribution >= 0.6 is 0 Å². The lowest BCUT2D eigenvalue weighted by molar-refractivity contribution is -0.117. The first-order chi connectivity index (χ1) is 16.2. The minimum atomic E-state index is -3.74. The Labute approximate surface area is 198 Å². The SMILES string of the molecule is CCN(CC)S(=O)(=O)c1ccc(Oc2ccc(F)cc2)c(NC(=O)C2CC2c2cnn(C)c2)c1. The molecule has 34 heavy (non-hydrogen) atoms. The van der Waals surface area contributed by atoms with Gasteiger partial charge in [0.1, 0.15) is 11.6 Å². The number of aromatic nitrogens is 2. The lowest BCUT2D eigenvalue weighted by atomic mass is 10.2. The van der Waals surface area contributed by atoms with Gasteiger partial charge in [0, 0.05) is 32.3 Å². The van der Waals surface area contributed by atoms with Crippen molar-refractivity contribution in [2.75, 3.05) is 18.4 Å². The maximum Gasteiger partial charge on any atom is 0.243 e. The second kappa shape index (κ2) is 9.55. The van der Waals surface area contributed by atoms with Gasteiger partial charge in [0.05, 0.1) is 16.8 Å². The van der Waals surface area contributed by atoms with Crippen LogP contribution in [0.1, 0.15) is 31.7 Å². The number of aryl methyl sites for hydroxylation is 1. The Hall–Kier alpha value is -3.24. The minimum Gasteiger partial charge on any atom is -0.455 e. The first-order valence-corrected chi connectivity index (χ1v) is 12.5. The molecule has 1 aliphatic rings. The summed E-state index contributed by atoms with van der Waals surface area (Å²) in [4.78, 5) is 13.1. The van der Waals surface area contributed by atoms with Gasteiger partial charge in [-0.3, -0.25) is 9.48 Å². The number of nitrogens with one attached hydrogen (secondary N) is 1. The third kappa shape index (κ3) is 4.97. The molecule has 1 fully saturated rings. The zero-order chi connectivity index (χ0) is 24.5. The van der Waals surface area contributed by atoms with Crippen LogP contribution in [-0.2, 0) is 21.9 Å². The van der Waals surface area contributed by atoms with E-state index in [0.29, 0.717) is 25.3 Å². The van der Waals surface area contributed by atoms with Crippen LogP contribution < -0.4 is 10.1 Å². The zero-order valence-corrected chi connectivity index (χ0v) is 20.0. The largest absolute Gasteiger partial charge is 0.455 e. The predicted octanol–water partition coefficient (Wildman–Crippen LogP) is 4.12. The topological polar surface area (TPSA) is 93.5 Å². The Morgan fingerprint density at radius 3 is 2.53 bits per heavy atom. The Kier molecular flexibility index (Phi) is 6.72. The summed E-state index contributed by atoms with van der Waals surface area (Å²) in [6, 6.07) is 9.79. The van der Waals surface area contributed by atoms with Gasteiger partial charge in [0.2, 0.25) is 15.9 Å². The monoisotopic (exact) mass is 486 g/mol. The molecule has 1 N–H and O–H groups in total. The van der Waals surface area contributed by atoms with Crippen LogP contribution in [0.2, 0.25) is 0 Å². The first-order valence-electron chi connectivity index (χ1n) is 11.1. The van der Waals surface area contributed by atoms with E-state index >= 15 is 0 Å². The van der Waals surface area contributed by atoms with Crippen molar-refractivity contribution in [2.24, 2.45) is 13.0 Å². The van der Waals surface area contributed by atoms with E-state index in [1.165, 1.54) is 46.8 Å². The van der Waals surface area contributed by atoms with Crippen molar-refractivity contribution >= 4 is 21.6 Å². The van der Waals surface area contributed by atoms with Crippen LogP contribution in [0.5, 0.6) is 11.5 Å². The van der Waals surface area contributed by atoms with Crippen LogP contribution in [0.15, 0.2) is 59.8 Å². The van der Waals surface area contributed by atoms with Crippen molar-refractivity contribution < 1.29 is 22.3 Å². The van der Waals surface area contributed by atoms with Gasteiger partial charge in [0.15, 0.2) is 5.75 Å². The molecule has 0 spiro atoms. The fraction of sp³-hybridized carbons (Fsp3) is 0.333. The van der Waals surface area contributed by atoms with E-state index < -0.39 is 15.8 Å². The fourth-order valence-corrected chi connectivity index (χ4v) is 5.39. The third-order valence-electron chi connectivity index (χ3n) is 5.87. The molecule has 2 aromatic carbocycles. The number of ether oxygens (including phenoxy) is 1. The van der Waals surface area contributed by atoms with E-state index in [1.54, 1.807) is 24.7 Å². The molecule has 1 amide bonds. The molecule has 2 unspecified atom stereocenters. The van der Waals surface area contributed by atoms with Gasteiger partial charge < -0.3 is 10.1 Å². The number of hydrogen-bond donors (Lipinski definition) is 1. The summed E-state index contributed by atoms with van der Waals surface area (Å²) in [6.45, 7) is 4.18. The number of anilines is 1. The standard InChI is InChI=1S/C24H27FN4O4S/c1-4-29(5-2)34(31,32)19-10-11-23(33-18-8-6-17(25)7-9-18)22(12-19)27-24(30)21-13-20(21)16-14-26-28(3)15-16/h6-12,14-15,20-21H,4-5,13H2,1-3H3,(H,27,30). The highest BCUT2D eigenvalue weighted by molar-refractivity contribution is 7.89. The average Bonchev–Trinajstić information content (AvgIpc) is 3.50. The Morgan fingerprint density at radius 1 is 1.21 bits per heavy atom. The van der Waals surface area contributed by atoms with E-state index in [2.05, 4.69) is 10.4 Å². The number of carbonyl (C=O) groups is 1. The van der Waals surface area contributed by atoms with Crippen LogP contribution in [0.25, 0.3) is 0 Å². The number of carbonyl (C=O) groups excluding carboxylic acids is 1. The van der Waals surface area contributed by atoms with E-state index in [9.17, 15) is 17.6 Å². The number of amides is 1. The Bertz CT molecular complexity index is 1290. The molecule has 2 atom stereocenters. The van der Waals surface area contributed by atoms with Gasteiger partial charge in [0.25, 0.3) is 0 Å². The van der Waals surface area contributed by atoms with E-state index in [1.807, 2.05) is 13.2 Å². The molecular weight excluding hydrogens is 459 g/mol. The Morgan fingerprint density at radius 2 is 1.91 bits per heavy atom. The van der Waals surface area contributed by atoms with Crippen molar-refractivity contribution in [1.82, 2.24) is 14.1 Å². The molecule has 10 heteroatoms. The molecular formula is C24H27FN4O4S. The van der Waals surface area contributed by atoms with Gasteiger partial charge in [-0.15, -0.1) is 0 Å². The van der Waals surface area contributed by atoms with Gasteiger partial charge >= 0.3 is 0 Å². The van der Waals surface area contributed by atoms with Gasteiger partial charge in [-0.05, 0) is 60.4 Å². The summed E-state index contributed by atoms with van der Waals surface area (Å²) in [5.74, 6) is -0.191. The van der Waals surface area contributed by atoms with Crippen molar-refractivity contribution in [2.45, 2.75) is 31.1 Å². The molecule has 0 radical (unpaired) electrons. The fourth-order valence-electron chi connectivity index (χ4n) is 3.91. The van der Waals surface area contributed by atoms with Crippen molar-refractivity contribution in [3.05, 3.63) is 66.2 Å². The van der Waals surface area contributed by atoms with Crippen molar-refractivity contribution in [3.63, 3.8) is 0 Å². The van der Waals surface area contributed by atoms with Gasteiger partial charge in [-0.2, -0.15) is 9.40 Å². The summed E-state index contributed by atoms with van der Waals surface area (Å²) >= 11 is 0. The molecule has 1 heterocycles. The number of hydrogen-bond acceptors (Lipinski definition) is 5. The van der Waals surface area contributed by atoms with E-state index in [4.69, 9.17) is 4.74 Å². The highest BCUT2D eigenvalue weighted by atomic mass is 32.2. The summed E-state index contributed by atoms with van der Waals surface area (Å²) in [5.41, 5.74) is 1.22. The van der Waals surface area contributed by atoms with E-state index in [-0.39, 0.29) is 34.1 Å². The van der Waals surface area contributed by atoms with Crippen molar-refractivity contribution in [3.8, 4) is 11.5 Å². The molecule has 0 aliphatic heterocycles. The highest BCUT2D eigenvalue weighted by Crippen LogP contribution is 2.48. The molecule has 0 bridgehead atoms. The second-order valence-electron chi connectivity index (χ2n) is 8.19. The number of benzene rings is 2. The van der Waals surface area contributed by atoms with Gasteiger partial charge in [-0.25, -0.2) is 12.8 Å². The van der Waals surface area contributed by atoms with E-state index in [0.717, 1.165) is 5.56 Å². The normalized spacial score (nSPS) is 17.6. The zero-order valence-electron chi connectivity index (χ0n) is 19.2. The maximum atomic E-state index is 13.3.